The van der Waals surface area contributed by atoms with Crippen LogP contribution < -0.4 is 15.4 Å². The molecule has 0 aliphatic heterocycles. The number of carbonyl (C=O) groups is 2. The molecule has 0 aromatic heterocycles. The fourth-order valence-corrected chi connectivity index (χ4v) is 4.61. The van der Waals surface area contributed by atoms with Crippen LogP contribution in [-0.2, 0) is 6.61 Å². The first-order valence-corrected chi connectivity index (χ1v) is 15.2. The lowest BCUT2D eigenvalue weighted by molar-refractivity contribution is -0.143. The van der Waals surface area contributed by atoms with Crippen molar-refractivity contribution in [3.05, 3.63) is 89.5 Å². The normalized spacial score (nSPS) is 17.6. The van der Waals surface area contributed by atoms with Crippen molar-refractivity contribution >= 4 is 11.8 Å². The standard InChI is InChI=1S/C33H42N2O15/c36-13-21(38)24(40)26(42)28(44)32(48)34-30(46)19-10-11-23(50-15-16-6-8-18(9-7-16)17-4-2-1-3-5-17)20(12-19)31(47)35-33(49)29(45)27(43)25(41)22(39)14-37/h1-12,21-22,24-29,32-33,36-45,48-49H,13-15H2,(H,34,46)(H,35,47)/t21-,22-,24+,25+,26+,27+,28+,29+,32?,33?/m0/s1. The van der Waals surface area contributed by atoms with Gasteiger partial charge in [-0.05, 0) is 34.9 Å². The van der Waals surface area contributed by atoms with Crippen molar-refractivity contribution in [3.8, 4) is 16.9 Å². The van der Waals surface area contributed by atoms with E-state index >= 15 is 0 Å². The van der Waals surface area contributed by atoms with Crippen LogP contribution in [-0.4, -0.2) is 148 Å². The molecule has 2 unspecified atom stereocenters. The average Bonchev–Trinajstić information content (AvgIpc) is 3.14. The zero-order valence-electron chi connectivity index (χ0n) is 26.4. The van der Waals surface area contributed by atoms with Crippen molar-refractivity contribution in [1.82, 2.24) is 10.6 Å². The van der Waals surface area contributed by atoms with Crippen LogP contribution in [0.15, 0.2) is 72.8 Å². The fraction of sp³-hybridized carbons (Fsp3) is 0.394. The van der Waals surface area contributed by atoms with E-state index in [1.54, 1.807) is 12.1 Å². The van der Waals surface area contributed by atoms with E-state index in [0.29, 0.717) is 5.56 Å². The van der Waals surface area contributed by atoms with E-state index < -0.39 is 91.9 Å². The van der Waals surface area contributed by atoms with Crippen molar-refractivity contribution in [3.63, 3.8) is 0 Å². The van der Waals surface area contributed by atoms with Gasteiger partial charge in [0.1, 0.15) is 61.2 Å². The second-order valence-electron chi connectivity index (χ2n) is 11.3. The monoisotopic (exact) mass is 706 g/mol. The Morgan fingerprint density at radius 1 is 0.560 bits per heavy atom. The molecule has 17 nitrogen and oxygen atoms in total. The van der Waals surface area contributed by atoms with E-state index in [4.69, 9.17) is 14.9 Å². The van der Waals surface area contributed by atoms with E-state index in [9.17, 15) is 60.7 Å². The summed E-state index contributed by atoms with van der Waals surface area (Å²) >= 11 is 0. The Morgan fingerprint density at radius 3 is 1.54 bits per heavy atom. The van der Waals surface area contributed by atoms with Crippen molar-refractivity contribution in [2.75, 3.05) is 13.2 Å². The smallest absolute Gasteiger partial charge is 0.257 e. The van der Waals surface area contributed by atoms with Gasteiger partial charge in [-0.1, -0.05) is 54.6 Å². The van der Waals surface area contributed by atoms with Gasteiger partial charge in [-0.15, -0.1) is 0 Å². The molecule has 0 fully saturated rings. The Bertz CT molecular complexity index is 1510. The molecule has 17 heteroatoms. The Morgan fingerprint density at radius 2 is 1.04 bits per heavy atom. The largest absolute Gasteiger partial charge is 0.488 e. The van der Waals surface area contributed by atoms with E-state index in [1.165, 1.54) is 6.07 Å². The van der Waals surface area contributed by atoms with Crippen molar-refractivity contribution < 1.29 is 75.6 Å². The Balaban J connectivity index is 1.84. The van der Waals surface area contributed by atoms with Crippen LogP contribution in [0.3, 0.4) is 0 Å². The number of hydrogen-bond donors (Lipinski definition) is 14. The maximum Gasteiger partial charge on any atom is 0.257 e. The second kappa shape index (κ2) is 18.8. The van der Waals surface area contributed by atoms with E-state index in [2.05, 4.69) is 0 Å². The average molecular weight is 707 g/mol. The molecule has 0 aliphatic carbocycles. The number of ether oxygens (including phenoxy) is 1. The van der Waals surface area contributed by atoms with Crippen molar-refractivity contribution in [1.29, 1.82) is 0 Å². The zero-order valence-corrected chi connectivity index (χ0v) is 26.4. The van der Waals surface area contributed by atoms with Gasteiger partial charge in [-0.25, -0.2) is 0 Å². The predicted octanol–water partition coefficient (Wildman–Crippen LogP) is -4.10. The number of aliphatic hydroxyl groups excluding tert-OH is 12. The fourth-order valence-electron chi connectivity index (χ4n) is 4.61. The molecule has 0 heterocycles. The number of hydrogen-bond acceptors (Lipinski definition) is 15. The number of nitrogens with one attached hydrogen (secondary N) is 2. The maximum absolute atomic E-state index is 13.3. The molecule has 0 bridgehead atoms. The summed E-state index contributed by atoms with van der Waals surface area (Å²) in [5, 5.41) is 122. The number of benzene rings is 3. The summed E-state index contributed by atoms with van der Waals surface area (Å²) in [5.41, 5.74) is 1.80. The summed E-state index contributed by atoms with van der Waals surface area (Å²) in [4.78, 5) is 26.3. The van der Waals surface area contributed by atoms with Gasteiger partial charge in [-0.2, -0.15) is 0 Å². The third kappa shape index (κ3) is 10.5. The number of rotatable bonds is 18. The van der Waals surface area contributed by atoms with Crippen LogP contribution in [0.5, 0.6) is 5.75 Å². The highest BCUT2D eigenvalue weighted by atomic mass is 16.5. The molecule has 10 atom stereocenters. The molecule has 0 aliphatic rings. The molecule has 0 saturated carbocycles. The molecular weight excluding hydrogens is 664 g/mol. The third-order valence-electron chi connectivity index (χ3n) is 7.71. The van der Waals surface area contributed by atoms with Crippen LogP contribution >= 0.6 is 0 Å². The van der Waals surface area contributed by atoms with E-state index in [-0.39, 0.29) is 17.9 Å². The highest BCUT2D eigenvalue weighted by Crippen LogP contribution is 2.24. The van der Waals surface area contributed by atoms with Crippen LogP contribution in [0.1, 0.15) is 26.3 Å². The quantitative estimate of drug-likeness (QED) is 0.0559. The molecule has 0 radical (unpaired) electrons. The minimum absolute atomic E-state index is 0.0964. The van der Waals surface area contributed by atoms with Gasteiger partial charge >= 0.3 is 0 Å². The maximum atomic E-state index is 13.3. The summed E-state index contributed by atoms with van der Waals surface area (Å²) in [7, 11) is 0. The molecule has 14 N–H and O–H groups in total. The molecule has 0 spiro atoms. The topological polar surface area (TPSA) is 310 Å². The van der Waals surface area contributed by atoms with Gasteiger partial charge in [0.05, 0.1) is 18.8 Å². The summed E-state index contributed by atoms with van der Waals surface area (Å²) in [5.74, 6) is -2.46. The van der Waals surface area contributed by atoms with Gasteiger partial charge in [0, 0.05) is 5.56 Å². The van der Waals surface area contributed by atoms with Crippen LogP contribution in [0.4, 0.5) is 0 Å². The minimum Gasteiger partial charge on any atom is -0.488 e. The lowest BCUT2D eigenvalue weighted by atomic mass is 10.0. The second-order valence-corrected chi connectivity index (χ2v) is 11.3. The first-order chi connectivity index (χ1) is 23.7. The SMILES string of the molecule is O=C(NC(O)[C@H](O)[C@H](O)[C@H](O)[C@@H](O)CO)c1ccc(OCc2ccc(-c3ccccc3)cc2)c(C(=O)NC(O)[C@H](O)[C@H](O)[C@H](O)[C@@H](O)CO)c1. The van der Waals surface area contributed by atoms with E-state index in [0.717, 1.165) is 23.3 Å². The molecule has 274 valence electrons. The highest BCUT2D eigenvalue weighted by Gasteiger charge is 2.36. The summed E-state index contributed by atoms with van der Waals surface area (Å²) in [6, 6.07) is 20.0. The minimum atomic E-state index is -2.28. The first-order valence-electron chi connectivity index (χ1n) is 15.2. The summed E-state index contributed by atoms with van der Waals surface area (Å²) in [6.45, 7) is -2.07. The number of carbonyl (C=O) groups excluding carboxylic acids is 2. The van der Waals surface area contributed by atoms with Crippen LogP contribution in [0.2, 0.25) is 0 Å². The Labute approximate surface area is 285 Å². The Kier molecular flexibility index (Phi) is 15.2. The molecule has 3 aromatic rings. The third-order valence-corrected chi connectivity index (χ3v) is 7.71. The first kappa shape index (κ1) is 40.4. The summed E-state index contributed by atoms with van der Waals surface area (Å²) in [6.07, 6.45) is -21.5. The van der Waals surface area contributed by atoms with Crippen molar-refractivity contribution in [2.24, 2.45) is 0 Å². The molecule has 3 rings (SSSR count). The van der Waals surface area contributed by atoms with Crippen LogP contribution in [0, 0.1) is 0 Å². The highest BCUT2D eigenvalue weighted by molar-refractivity contribution is 6.01. The van der Waals surface area contributed by atoms with E-state index in [1.807, 2.05) is 53.1 Å². The molecule has 3 aromatic carbocycles. The van der Waals surface area contributed by atoms with Crippen molar-refractivity contribution in [2.45, 2.75) is 67.9 Å². The van der Waals surface area contributed by atoms with Gasteiger partial charge in [0.15, 0.2) is 12.5 Å². The molecule has 0 saturated heterocycles. The van der Waals surface area contributed by atoms with Gasteiger partial charge < -0.3 is 76.6 Å². The predicted molar refractivity (Wildman–Crippen MR) is 172 cm³/mol. The zero-order chi connectivity index (χ0) is 37.1. The van der Waals surface area contributed by atoms with Gasteiger partial charge in [0.2, 0.25) is 0 Å². The Hall–Kier alpha value is -4.08. The van der Waals surface area contributed by atoms with Gasteiger partial charge in [0.25, 0.3) is 11.8 Å². The lowest BCUT2D eigenvalue weighted by Gasteiger charge is -2.29. The summed E-state index contributed by atoms with van der Waals surface area (Å²) < 4.78 is 5.83. The lowest BCUT2D eigenvalue weighted by Crippen LogP contribution is -2.55. The number of aliphatic hydroxyl groups is 12. The molecule has 2 amide bonds. The molecular formula is C33H42N2O15. The van der Waals surface area contributed by atoms with Crippen LogP contribution in [0.25, 0.3) is 11.1 Å². The van der Waals surface area contributed by atoms with Gasteiger partial charge in [-0.3, -0.25) is 9.59 Å². The number of amides is 2. The molecule has 50 heavy (non-hydrogen) atoms.